The minimum atomic E-state index is -3.54. The summed E-state index contributed by atoms with van der Waals surface area (Å²) >= 11 is 0. The monoisotopic (exact) mass is 349 g/mol. The highest BCUT2D eigenvalue weighted by atomic mass is 32.2. The molecule has 1 heterocycles. The van der Waals surface area contributed by atoms with Gasteiger partial charge in [-0.25, -0.2) is 13.6 Å². The van der Waals surface area contributed by atoms with Crippen LogP contribution in [0.1, 0.15) is 23.2 Å². The van der Waals surface area contributed by atoms with E-state index in [1.165, 1.54) is 12.1 Å². The average molecular weight is 349 g/mol. The molecular weight excluding hydrogens is 332 g/mol. The van der Waals surface area contributed by atoms with Crippen molar-refractivity contribution < 1.29 is 30.9 Å². The Balaban J connectivity index is 2.12. The summed E-state index contributed by atoms with van der Waals surface area (Å²) in [5.74, 6) is -3.34. The molecule has 1 aromatic rings. The maximum absolute atomic E-state index is 14.2. The third-order valence-corrected chi connectivity index (χ3v) is 4.18. The van der Waals surface area contributed by atoms with E-state index >= 15 is 0 Å². The number of piperidine rings is 1. The predicted octanol–water partition coefficient (Wildman–Crippen LogP) is 1.70. The maximum Gasteiger partial charge on any atom is 0.340 e. The lowest BCUT2D eigenvalue weighted by Gasteiger charge is -2.33. The molecule has 1 aliphatic heterocycles. The molecule has 0 atom stereocenters. The van der Waals surface area contributed by atoms with E-state index < -0.39 is 39.4 Å². The van der Waals surface area contributed by atoms with Crippen molar-refractivity contribution >= 4 is 21.8 Å². The predicted molar refractivity (Wildman–Crippen MR) is 78.9 cm³/mol. The Morgan fingerprint density at radius 1 is 1.22 bits per heavy atom. The number of carbonyl (C=O) groups excluding carboxylic acids is 1. The highest BCUT2D eigenvalue weighted by Crippen LogP contribution is 2.28. The normalized spacial score (nSPS) is 16.4. The summed E-state index contributed by atoms with van der Waals surface area (Å²) in [7, 11) is -2.46. The van der Waals surface area contributed by atoms with Gasteiger partial charge in [0.15, 0.2) is 11.6 Å². The van der Waals surface area contributed by atoms with Gasteiger partial charge in [0.1, 0.15) is 0 Å². The first kappa shape index (κ1) is 17.6. The Labute approximate surface area is 133 Å². The van der Waals surface area contributed by atoms with Crippen LogP contribution in [0.5, 0.6) is 0 Å². The average Bonchev–Trinajstić information content (AvgIpc) is 2.49. The Morgan fingerprint density at radius 3 is 2.35 bits per heavy atom. The number of methoxy groups -OCH3 is 1. The van der Waals surface area contributed by atoms with Crippen LogP contribution < -0.4 is 4.90 Å². The first-order chi connectivity index (χ1) is 10.7. The molecule has 0 aliphatic carbocycles. The van der Waals surface area contributed by atoms with Crippen LogP contribution in [0.25, 0.3) is 0 Å². The molecule has 0 N–H and O–H groups in total. The quantitative estimate of drug-likeness (QED) is 0.608. The van der Waals surface area contributed by atoms with E-state index in [-0.39, 0.29) is 5.69 Å². The van der Waals surface area contributed by atoms with E-state index in [2.05, 4.69) is 4.74 Å². The van der Waals surface area contributed by atoms with Crippen LogP contribution in [-0.2, 0) is 19.0 Å². The zero-order valence-electron chi connectivity index (χ0n) is 12.7. The Hall–Kier alpha value is -1.74. The second-order valence-corrected chi connectivity index (χ2v) is 6.84. The molecule has 0 bridgehead atoms. The van der Waals surface area contributed by atoms with Crippen molar-refractivity contribution in [3.8, 4) is 0 Å². The molecule has 23 heavy (non-hydrogen) atoms. The van der Waals surface area contributed by atoms with E-state index in [1.54, 1.807) is 4.90 Å². The molecule has 0 saturated carbocycles. The van der Waals surface area contributed by atoms with Crippen LogP contribution in [0.2, 0.25) is 0 Å². The molecule has 2 rings (SSSR count). The first-order valence-electron chi connectivity index (χ1n) is 6.92. The molecule has 0 radical (unpaired) electrons. The minimum absolute atomic E-state index is 0.0213. The summed E-state index contributed by atoms with van der Waals surface area (Å²) in [4.78, 5) is 12.9. The van der Waals surface area contributed by atoms with Crippen LogP contribution in [0.3, 0.4) is 0 Å². The van der Waals surface area contributed by atoms with Gasteiger partial charge in [0.25, 0.3) is 10.1 Å². The van der Waals surface area contributed by atoms with Crippen molar-refractivity contribution in [2.45, 2.75) is 18.9 Å². The van der Waals surface area contributed by atoms with Crippen molar-refractivity contribution in [2.24, 2.45) is 0 Å². The van der Waals surface area contributed by atoms with Crippen molar-refractivity contribution in [3.05, 3.63) is 29.3 Å². The number of benzene rings is 1. The van der Waals surface area contributed by atoms with Gasteiger partial charge in [-0.2, -0.15) is 8.42 Å². The number of hydrogen-bond acceptors (Lipinski definition) is 6. The number of anilines is 1. The summed E-state index contributed by atoms with van der Waals surface area (Å²) in [5.41, 5.74) is -0.447. The summed E-state index contributed by atoms with van der Waals surface area (Å²) < 4.78 is 59.6. The number of nitrogens with zero attached hydrogens (tertiary/aromatic N) is 1. The number of esters is 1. The fourth-order valence-corrected chi connectivity index (χ4v) is 3.18. The molecule has 0 aromatic heterocycles. The smallest absolute Gasteiger partial charge is 0.340 e. The van der Waals surface area contributed by atoms with Crippen LogP contribution in [0, 0.1) is 11.6 Å². The molecule has 1 aliphatic rings. The van der Waals surface area contributed by atoms with Gasteiger partial charge in [0.05, 0.1) is 30.7 Å². The fourth-order valence-electron chi connectivity index (χ4n) is 2.49. The zero-order valence-corrected chi connectivity index (χ0v) is 13.5. The van der Waals surface area contributed by atoms with Gasteiger partial charge in [-0.3, -0.25) is 4.18 Å². The topological polar surface area (TPSA) is 72.9 Å². The summed E-state index contributed by atoms with van der Waals surface area (Å²) in [6, 6.07) is 2.47. The number of halogens is 2. The molecule has 1 aromatic carbocycles. The lowest BCUT2D eigenvalue weighted by atomic mass is 10.1. The summed E-state index contributed by atoms with van der Waals surface area (Å²) in [6.45, 7) is 0.627. The third-order valence-electron chi connectivity index (χ3n) is 3.56. The molecule has 0 spiro atoms. The molecule has 6 nitrogen and oxygen atoms in total. The molecular formula is C14H17F2NO5S. The second kappa shape index (κ2) is 6.79. The number of carbonyl (C=O) groups is 1. The van der Waals surface area contributed by atoms with Crippen molar-refractivity contribution in [2.75, 3.05) is 31.4 Å². The van der Waals surface area contributed by atoms with Gasteiger partial charge < -0.3 is 9.64 Å². The van der Waals surface area contributed by atoms with Crippen molar-refractivity contribution in [3.63, 3.8) is 0 Å². The summed E-state index contributed by atoms with van der Waals surface area (Å²) in [5, 5.41) is 0. The standard InChI is InChI=1S/C14H17F2NO5S/c1-21-14(18)10-3-4-11(13(16)12(10)15)17-7-5-9(6-8-17)22-23(2,19)20/h3-4,9H,5-8H2,1-2H3. The Morgan fingerprint density at radius 2 is 1.83 bits per heavy atom. The number of ether oxygens (including phenoxy) is 1. The van der Waals surface area contributed by atoms with Crippen LogP contribution in [0.4, 0.5) is 14.5 Å². The first-order valence-corrected chi connectivity index (χ1v) is 8.74. The van der Waals surface area contributed by atoms with Crippen LogP contribution >= 0.6 is 0 Å². The lowest BCUT2D eigenvalue weighted by Crippen LogP contribution is -2.38. The van der Waals surface area contributed by atoms with Crippen LogP contribution in [-0.4, -0.2) is 46.9 Å². The molecule has 0 amide bonds. The fraction of sp³-hybridized carbons (Fsp3) is 0.500. The molecule has 9 heteroatoms. The molecule has 128 valence electrons. The second-order valence-electron chi connectivity index (χ2n) is 5.24. The highest BCUT2D eigenvalue weighted by molar-refractivity contribution is 7.86. The highest BCUT2D eigenvalue weighted by Gasteiger charge is 2.27. The van der Waals surface area contributed by atoms with E-state index in [0.717, 1.165) is 13.4 Å². The van der Waals surface area contributed by atoms with E-state index in [1.807, 2.05) is 0 Å². The molecule has 1 fully saturated rings. The number of hydrogen-bond donors (Lipinski definition) is 0. The van der Waals surface area contributed by atoms with E-state index in [0.29, 0.717) is 25.9 Å². The number of rotatable bonds is 4. The third kappa shape index (κ3) is 4.17. The Bertz CT molecular complexity index is 699. The van der Waals surface area contributed by atoms with E-state index in [9.17, 15) is 22.0 Å². The molecule has 1 saturated heterocycles. The van der Waals surface area contributed by atoms with Crippen molar-refractivity contribution in [1.82, 2.24) is 0 Å². The molecule has 0 unspecified atom stereocenters. The van der Waals surface area contributed by atoms with Gasteiger partial charge in [0, 0.05) is 13.1 Å². The maximum atomic E-state index is 14.2. The van der Waals surface area contributed by atoms with Gasteiger partial charge in [-0.05, 0) is 25.0 Å². The van der Waals surface area contributed by atoms with Gasteiger partial charge in [-0.15, -0.1) is 0 Å². The van der Waals surface area contributed by atoms with Gasteiger partial charge >= 0.3 is 5.97 Å². The minimum Gasteiger partial charge on any atom is -0.465 e. The van der Waals surface area contributed by atoms with Crippen molar-refractivity contribution in [1.29, 1.82) is 0 Å². The lowest BCUT2D eigenvalue weighted by molar-refractivity contribution is 0.0594. The van der Waals surface area contributed by atoms with Gasteiger partial charge in [-0.1, -0.05) is 0 Å². The zero-order chi connectivity index (χ0) is 17.2. The largest absolute Gasteiger partial charge is 0.465 e. The van der Waals surface area contributed by atoms with Gasteiger partial charge in [0.2, 0.25) is 0 Å². The SMILES string of the molecule is COC(=O)c1ccc(N2CCC(OS(C)(=O)=O)CC2)c(F)c1F. The summed E-state index contributed by atoms with van der Waals surface area (Å²) in [6.07, 6.45) is 1.24. The van der Waals surface area contributed by atoms with E-state index in [4.69, 9.17) is 4.18 Å². The Kier molecular flexibility index (Phi) is 5.20. The van der Waals surface area contributed by atoms with Crippen LogP contribution in [0.15, 0.2) is 12.1 Å².